The highest BCUT2D eigenvalue weighted by Gasteiger charge is 2.02. The maximum absolute atomic E-state index is 12.1. The normalized spacial score (nSPS) is 11.3. The van der Waals surface area contributed by atoms with Gasteiger partial charge in [-0.1, -0.05) is 30.0 Å². The van der Waals surface area contributed by atoms with Crippen LogP contribution in [-0.4, -0.2) is 15.3 Å². The number of anilines is 1. The second kappa shape index (κ2) is 8.54. The van der Waals surface area contributed by atoms with Crippen LogP contribution in [0.4, 0.5) is 5.69 Å². The number of hydroxylamine groups is 1. The molecule has 6 heteroatoms. The number of carbonyl (C=O) groups excluding carboxylic acids is 1. The lowest BCUT2D eigenvalue weighted by Gasteiger charge is -2.05. The van der Waals surface area contributed by atoms with Gasteiger partial charge in [-0.2, -0.15) is 0 Å². The van der Waals surface area contributed by atoms with E-state index in [1.165, 1.54) is 11.6 Å². The molecule has 0 aliphatic rings. The highest BCUT2D eigenvalue weighted by atomic mass is 32.2. The van der Waals surface area contributed by atoms with Crippen LogP contribution in [0.1, 0.15) is 5.56 Å². The number of rotatable bonds is 4. The lowest BCUT2D eigenvalue weighted by atomic mass is 10.2. The van der Waals surface area contributed by atoms with Crippen molar-refractivity contribution in [3.8, 4) is 11.8 Å². The van der Waals surface area contributed by atoms with Gasteiger partial charge in [-0.3, -0.25) is 10.0 Å². The van der Waals surface area contributed by atoms with E-state index in [9.17, 15) is 9.00 Å². The van der Waals surface area contributed by atoms with Crippen LogP contribution >= 0.6 is 0 Å². The third-order valence-electron chi connectivity index (χ3n) is 2.70. The van der Waals surface area contributed by atoms with E-state index in [1.807, 2.05) is 18.2 Å². The Morgan fingerprint density at radius 2 is 1.78 bits per heavy atom. The van der Waals surface area contributed by atoms with Crippen LogP contribution < -0.4 is 10.2 Å². The summed E-state index contributed by atoms with van der Waals surface area (Å²) in [4.78, 5) is 11.4. The van der Waals surface area contributed by atoms with Crippen LogP contribution in [0, 0.1) is 11.8 Å². The SMILES string of the molecule is O=C(/C=C/C#Cc1ccc(NS(=O)c2ccccc2)cc1)NO. The summed E-state index contributed by atoms with van der Waals surface area (Å²) in [6.07, 6.45) is 2.45. The number of hydrogen-bond acceptors (Lipinski definition) is 3. The van der Waals surface area contributed by atoms with Crippen molar-refractivity contribution in [2.24, 2.45) is 0 Å². The quantitative estimate of drug-likeness (QED) is 0.349. The molecule has 0 saturated carbocycles. The lowest BCUT2D eigenvalue weighted by molar-refractivity contribution is -0.124. The second-order valence-corrected chi connectivity index (χ2v) is 5.55. The van der Waals surface area contributed by atoms with Gasteiger partial charge in [0.1, 0.15) is 11.0 Å². The summed E-state index contributed by atoms with van der Waals surface area (Å²) in [5.74, 6) is 4.87. The Balaban J connectivity index is 1.97. The number of benzene rings is 2. The fourth-order valence-electron chi connectivity index (χ4n) is 1.61. The van der Waals surface area contributed by atoms with Crippen molar-refractivity contribution >= 4 is 22.6 Å². The molecule has 0 heterocycles. The fourth-order valence-corrected chi connectivity index (χ4v) is 2.48. The van der Waals surface area contributed by atoms with E-state index in [0.717, 1.165) is 11.6 Å². The Morgan fingerprint density at radius 1 is 1.09 bits per heavy atom. The number of carbonyl (C=O) groups is 1. The van der Waals surface area contributed by atoms with E-state index < -0.39 is 16.9 Å². The van der Waals surface area contributed by atoms with Crippen molar-refractivity contribution in [3.05, 3.63) is 72.3 Å². The molecule has 116 valence electrons. The van der Waals surface area contributed by atoms with Gasteiger partial charge in [0.2, 0.25) is 0 Å². The first-order chi connectivity index (χ1) is 11.2. The molecule has 23 heavy (non-hydrogen) atoms. The molecule has 2 rings (SSSR count). The molecule has 1 unspecified atom stereocenters. The molecule has 0 fully saturated rings. The van der Waals surface area contributed by atoms with E-state index in [-0.39, 0.29) is 0 Å². The van der Waals surface area contributed by atoms with Crippen LogP contribution in [0.25, 0.3) is 0 Å². The predicted octanol–water partition coefficient (Wildman–Crippen LogP) is 2.23. The molecule has 2 aromatic carbocycles. The molecule has 0 bridgehead atoms. The highest BCUT2D eigenvalue weighted by Crippen LogP contribution is 2.13. The first-order valence-corrected chi connectivity index (χ1v) is 7.80. The van der Waals surface area contributed by atoms with Crippen LogP contribution in [-0.2, 0) is 15.8 Å². The average molecular weight is 326 g/mol. The Hall–Kier alpha value is -2.88. The van der Waals surface area contributed by atoms with Crippen molar-refractivity contribution in [2.75, 3.05) is 4.72 Å². The minimum Gasteiger partial charge on any atom is -0.301 e. The summed E-state index contributed by atoms with van der Waals surface area (Å²) >= 11 is 0. The van der Waals surface area contributed by atoms with Crippen LogP contribution in [0.15, 0.2) is 71.6 Å². The molecule has 2 aromatic rings. The van der Waals surface area contributed by atoms with Crippen molar-refractivity contribution in [2.45, 2.75) is 4.90 Å². The molecule has 0 saturated heterocycles. The second-order valence-electron chi connectivity index (χ2n) is 4.34. The monoisotopic (exact) mass is 326 g/mol. The third-order valence-corrected chi connectivity index (χ3v) is 3.82. The van der Waals surface area contributed by atoms with Crippen LogP contribution in [0.3, 0.4) is 0 Å². The van der Waals surface area contributed by atoms with Gasteiger partial charge in [-0.25, -0.2) is 9.69 Å². The summed E-state index contributed by atoms with van der Waals surface area (Å²) in [6.45, 7) is 0. The zero-order valence-electron chi connectivity index (χ0n) is 12.0. The number of hydrogen-bond donors (Lipinski definition) is 3. The van der Waals surface area contributed by atoms with Gasteiger partial charge < -0.3 is 4.72 Å². The van der Waals surface area contributed by atoms with E-state index in [1.54, 1.807) is 36.4 Å². The average Bonchev–Trinajstić information content (AvgIpc) is 2.60. The zero-order valence-corrected chi connectivity index (χ0v) is 12.8. The lowest BCUT2D eigenvalue weighted by Crippen LogP contribution is -2.14. The highest BCUT2D eigenvalue weighted by molar-refractivity contribution is 7.86. The topological polar surface area (TPSA) is 78.4 Å². The Bertz CT molecular complexity index is 775. The largest absolute Gasteiger partial charge is 0.301 e. The van der Waals surface area contributed by atoms with Crippen LogP contribution in [0.2, 0.25) is 0 Å². The molecule has 0 spiro atoms. The van der Waals surface area contributed by atoms with Gasteiger partial charge in [-0.05, 0) is 42.5 Å². The molecule has 1 atom stereocenters. The summed E-state index contributed by atoms with van der Waals surface area (Å²) in [5.41, 5.74) is 2.93. The smallest absolute Gasteiger partial charge is 0.267 e. The minimum absolute atomic E-state index is 0.637. The molecular weight excluding hydrogens is 312 g/mol. The molecule has 0 aliphatic carbocycles. The first-order valence-electron chi connectivity index (χ1n) is 6.65. The first kappa shape index (κ1) is 16.5. The Morgan fingerprint density at radius 3 is 2.43 bits per heavy atom. The van der Waals surface area contributed by atoms with Gasteiger partial charge in [0, 0.05) is 17.3 Å². The minimum atomic E-state index is -1.32. The van der Waals surface area contributed by atoms with Gasteiger partial charge in [-0.15, -0.1) is 0 Å². The zero-order chi connectivity index (χ0) is 16.5. The fraction of sp³-hybridized carbons (Fsp3) is 0. The number of amides is 1. The maximum atomic E-state index is 12.1. The Labute approximate surface area is 136 Å². The van der Waals surface area contributed by atoms with Gasteiger partial charge >= 0.3 is 0 Å². The summed E-state index contributed by atoms with van der Waals surface area (Å²) in [7, 11) is -1.32. The summed E-state index contributed by atoms with van der Waals surface area (Å²) < 4.78 is 15.0. The number of nitrogens with one attached hydrogen (secondary N) is 2. The van der Waals surface area contributed by atoms with E-state index in [2.05, 4.69) is 16.6 Å². The number of allylic oxidation sites excluding steroid dienone is 1. The molecule has 0 radical (unpaired) electrons. The standard InChI is InChI=1S/C17H14N2O3S/c20-17(18-21)9-5-4-6-14-10-12-15(13-11-14)19-23(22)16-7-2-1-3-8-16/h1-3,5,7-13,19,21H,(H,18,20)/b9-5+. The molecule has 0 aromatic heterocycles. The predicted molar refractivity (Wildman–Crippen MR) is 88.9 cm³/mol. The van der Waals surface area contributed by atoms with Crippen molar-refractivity contribution < 1.29 is 14.2 Å². The van der Waals surface area contributed by atoms with Crippen molar-refractivity contribution in [1.29, 1.82) is 0 Å². The van der Waals surface area contributed by atoms with Gasteiger partial charge in [0.25, 0.3) is 5.91 Å². The molecule has 5 nitrogen and oxygen atoms in total. The van der Waals surface area contributed by atoms with Gasteiger partial charge in [0.05, 0.1) is 4.90 Å². The Kier molecular flexibility index (Phi) is 6.12. The van der Waals surface area contributed by atoms with Gasteiger partial charge in [0.15, 0.2) is 0 Å². The molecule has 3 N–H and O–H groups in total. The summed E-state index contributed by atoms with van der Waals surface area (Å²) in [6, 6.07) is 16.2. The van der Waals surface area contributed by atoms with Crippen LogP contribution in [0.5, 0.6) is 0 Å². The summed E-state index contributed by atoms with van der Waals surface area (Å²) in [5, 5.41) is 8.31. The molecule has 0 aliphatic heterocycles. The van der Waals surface area contributed by atoms with E-state index in [0.29, 0.717) is 10.6 Å². The molecular formula is C17H14N2O3S. The van der Waals surface area contributed by atoms with Crippen molar-refractivity contribution in [3.63, 3.8) is 0 Å². The maximum Gasteiger partial charge on any atom is 0.267 e. The van der Waals surface area contributed by atoms with E-state index in [4.69, 9.17) is 5.21 Å². The third kappa shape index (κ3) is 5.43. The molecule has 1 amide bonds. The van der Waals surface area contributed by atoms with E-state index >= 15 is 0 Å². The van der Waals surface area contributed by atoms with Crippen molar-refractivity contribution in [1.82, 2.24) is 5.48 Å².